The van der Waals surface area contributed by atoms with E-state index >= 15 is 0 Å². The first-order valence-electron chi connectivity index (χ1n) is 7.34. The highest BCUT2D eigenvalue weighted by atomic mass is 16.3. The van der Waals surface area contributed by atoms with Gasteiger partial charge in [0.1, 0.15) is 5.69 Å². The zero-order valence-electron chi connectivity index (χ0n) is 12.0. The summed E-state index contributed by atoms with van der Waals surface area (Å²) in [5.41, 5.74) is 7.69. The van der Waals surface area contributed by atoms with Crippen molar-refractivity contribution >= 4 is 5.96 Å². The fourth-order valence-electron chi connectivity index (χ4n) is 2.37. The van der Waals surface area contributed by atoms with Gasteiger partial charge in [0, 0.05) is 12.1 Å². The van der Waals surface area contributed by atoms with Crippen LogP contribution in [0.1, 0.15) is 25.0 Å². The molecule has 0 atom stereocenters. The lowest BCUT2D eigenvalue weighted by atomic mass is 9.85. The van der Waals surface area contributed by atoms with Crippen molar-refractivity contribution in [3.8, 4) is 11.3 Å². The number of guanidine groups is 1. The van der Waals surface area contributed by atoms with Crippen LogP contribution in [0.5, 0.6) is 0 Å². The molecular weight excluding hydrogens is 264 g/mol. The fourth-order valence-corrected chi connectivity index (χ4v) is 2.37. The van der Waals surface area contributed by atoms with Crippen LogP contribution in [0.15, 0.2) is 46.1 Å². The molecule has 0 aliphatic heterocycles. The Bertz CT molecular complexity index is 602. The van der Waals surface area contributed by atoms with E-state index in [1.807, 2.05) is 30.3 Å². The van der Waals surface area contributed by atoms with Crippen LogP contribution >= 0.6 is 0 Å². The summed E-state index contributed by atoms with van der Waals surface area (Å²) < 4.78 is 5.47. The van der Waals surface area contributed by atoms with Crippen molar-refractivity contribution in [1.82, 2.24) is 10.3 Å². The molecule has 3 rings (SSSR count). The molecule has 3 N–H and O–H groups in total. The number of hydrogen-bond acceptors (Lipinski definition) is 3. The lowest BCUT2D eigenvalue weighted by Crippen LogP contribution is -2.37. The van der Waals surface area contributed by atoms with Crippen molar-refractivity contribution in [1.29, 1.82) is 0 Å². The largest absolute Gasteiger partial charge is 0.443 e. The van der Waals surface area contributed by atoms with Gasteiger partial charge in [0.15, 0.2) is 18.1 Å². The number of nitrogens with two attached hydrogens (primary N) is 1. The molecule has 2 aromatic rings. The molecule has 21 heavy (non-hydrogen) atoms. The number of benzene rings is 1. The van der Waals surface area contributed by atoms with Gasteiger partial charge in [-0.25, -0.2) is 9.98 Å². The van der Waals surface area contributed by atoms with Crippen LogP contribution in [0.2, 0.25) is 0 Å². The minimum atomic E-state index is 0.421. The Labute approximate surface area is 124 Å². The van der Waals surface area contributed by atoms with Crippen molar-refractivity contribution in [2.45, 2.75) is 25.8 Å². The summed E-state index contributed by atoms with van der Waals surface area (Å²) in [4.78, 5) is 8.57. The molecule has 110 valence electrons. The third-order valence-electron chi connectivity index (χ3n) is 3.87. The third kappa shape index (κ3) is 3.42. The first kappa shape index (κ1) is 13.7. The van der Waals surface area contributed by atoms with Gasteiger partial charge in [0.2, 0.25) is 0 Å². The second kappa shape index (κ2) is 6.43. The second-order valence-corrected chi connectivity index (χ2v) is 5.37. The van der Waals surface area contributed by atoms with E-state index in [1.54, 1.807) is 0 Å². The molecule has 1 aromatic carbocycles. The maximum Gasteiger partial charge on any atom is 0.188 e. The number of aromatic nitrogens is 1. The number of nitrogens with one attached hydrogen (secondary N) is 1. The number of nitrogens with zero attached hydrogens (tertiary/aromatic N) is 2. The average Bonchev–Trinajstić information content (AvgIpc) is 2.93. The zero-order valence-corrected chi connectivity index (χ0v) is 12.0. The molecular formula is C16H20N4O. The molecule has 5 heteroatoms. The number of rotatable bonds is 5. The van der Waals surface area contributed by atoms with E-state index in [9.17, 15) is 0 Å². The maximum atomic E-state index is 5.89. The molecule has 0 saturated heterocycles. The Morgan fingerprint density at radius 1 is 1.33 bits per heavy atom. The van der Waals surface area contributed by atoms with Gasteiger partial charge < -0.3 is 15.5 Å². The summed E-state index contributed by atoms with van der Waals surface area (Å²) in [7, 11) is 0. The molecule has 1 aliphatic carbocycles. The summed E-state index contributed by atoms with van der Waals surface area (Å²) in [6, 6.07) is 9.90. The summed E-state index contributed by atoms with van der Waals surface area (Å²) in [6.45, 7) is 1.34. The fraction of sp³-hybridized carbons (Fsp3) is 0.375. The zero-order chi connectivity index (χ0) is 14.5. The molecule has 5 nitrogen and oxygen atoms in total. The van der Waals surface area contributed by atoms with Gasteiger partial charge in [-0.3, -0.25) is 0 Å². The van der Waals surface area contributed by atoms with Gasteiger partial charge in [0.25, 0.3) is 0 Å². The van der Waals surface area contributed by atoms with Gasteiger partial charge in [-0.15, -0.1) is 0 Å². The third-order valence-corrected chi connectivity index (χ3v) is 3.87. The Morgan fingerprint density at radius 3 is 2.86 bits per heavy atom. The molecule has 0 unspecified atom stereocenters. The molecule has 1 aromatic heterocycles. The Balaban J connectivity index is 1.61. The second-order valence-electron chi connectivity index (χ2n) is 5.37. The molecule has 1 fully saturated rings. The minimum Gasteiger partial charge on any atom is -0.443 e. The van der Waals surface area contributed by atoms with E-state index in [1.165, 1.54) is 25.7 Å². The minimum absolute atomic E-state index is 0.421. The van der Waals surface area contributed by atoms with Crippen LogP contribution in [-0.2, 0) is 6.54 Å². The molecule has 1 saturated carbocycles. The quantitative estimate of drug-likeness (QED) is 0.653. The van der Waals surface area contributed by atoms with Crippen molar-refractivity contribution in [3.63, 3.8) is 0 Å². The predicted molar refractivity (Wildman–Crippen MR) is 82.6 cm³/mol. The SMILES string of the molecule is NC(=NCc1ncoc1-c1ccccc1)NCC1CCC1. The molecule has 1 heterocycles. The molecule has 0 amide bonds. The number of hydrogen-bond donors (Lipinski definition) is 2. The summed E-state index contributed by atoms with van der Waals surface area (Å²) >= 11 is 0. The Kier molecular flexibility index (Phi) is 4.19. The molecule has 1 aliphatic rings. The van der Waals surface area contributed by atoms with Gasteiger partial charge in [-0.2, -0.15) is 0 Å². The van der Waals surface area contributed by atoms with Crippen molar-refractivity contribution in [2.24, 2.45) is 16.6 Å². The number of aliphatic imine (C=N–C) groups is 1. The van der Waals surface area contributed by atoms with E-state index < -0.39 is 0 Å². The molecule has 0 radical (unpaired) electrons. The van der Waals surface area contributed by atoms with Crippen molar-refractivity contribution in [2.75, 3.05) is 6.54 Å². The standard InChI is InChI=1S/C16H20N4O/c17-16(18-9-12-5-4-6-12)19-10-14-15(21-11-20-14)13-7-2-1-3-8-13/h1-3,7-8,11-12H,4-6,9-10H2,(H3,17,18,19). The predicted octanol–water partition coefficient (Wildman–Crippen LogP) is 2.55. The first-order chi connectivity index (χ1) is 10.3. The molecule has 0 spiro atoms. The Morgan fingerprint density at radius 2 is 2.14 bits per heavy atom. The maximum absolute atomic E-state index is 5.89. The normalized spacial score (nSPS) is 15.7. The van der Waals surface area contributed by atoms with Crippen molar-refractivity contribution < 1.29 is 4.42 Å². The Hall–Kier alpha value is -2.30. The highest BCUT2D eigenvalue weighted by molar-refractivity contribution is 5.77. The van der Waals surface area contributed by atoms with Crippen LogP contribution in [0.4, 0.5) is 0 Å². The van der Waals surface area contributed by atoms with E-state index in [0.29, 0.717) is 12.5 Å². The molecule has 0 bridgehead atoms. The van der Waals surface area contributed by atoms with E-state index in [-0.39, 0.29) is 0 Å². The van der Waals surface area contributed by atoms with Crippen LogP contribution in [0.25, 0.3) is 11.3 Å². The summed E-state index contributed by atoms with van der Waals surface area (Å²) in [6.07, 6.45) is 5.37. The summed E-state index contributed by atoms with van der Waals surface area (Å²) in [5.74, 6) is 1.99. The average molecular weight is 284 g/mol. The van der Waals surface area contributed by atoms with E-state index in [4.69, 9.17) is 10.2 Å². The highest BCUT2D eigenvalue weighted by Crippen LogP contribution is 2.25. The van der Waals surface area contributed by atoms with E-state index in [2.05, 4.69) is 15.3 Å². The van der Waals surface area contributed by atoms with E-state index in [0.717, 1.165) is 29.5 Å². The first-order valence-corrected chi connectivity index (χ1v) is 7.34. The topological polar surface area (TPSA) is 76.4 Å². The lowest BCUT2D eigenvalue weighted by Gasteiger charge is -2.25. The highest BCUT2D eigenvalue weighted by Gasteiger charge is 2.17. The monoisotopic (exact) mass is 284 g/mol. The van der Waals surface area contributed by atoms with Gasteiger partial charge >= 0.3 is 0 Å². The van der Waals surface area contributed by atoms with Crippen LogP contribution in [0.3, 0.4) is 0 Å². The van der Waals surface area contributed by atoms with Gasteiger partial charge in [-0.1, -0.05) is 36.8 Å². The number of oxazole rings is 1. The van der Waals surface area contributed by atoms with Gasteiger partial charge in [-0.05, 0) is 18.8 Å². The van der Waals surface area contributed by atoms with Crippen LogP contribution in [0, 0.1) is 5.92 Å². The van der Waals surface area contributed by atoms with Crippen LogP contribution in [-0.4, -0.2) is 17.5 Å². The summed E-state index contributed by atoms with van der Waals surface area (Å²) in [5, 5.41) is 3.18. The van der Waals surface area contributed by atoms with Gasteiger partial charge in [0.05, 0.1) is 6.54 Å². The van der Waals surface area contributed by atoms with Crippen molar-refractivity contribution in [3.05, 3.63) is 42.4 Å². The smallest absolute Gasteiger partial charge is 0.188 e. The van der Waals surface area contributed by atoms with Crippen LogP contribution < -0.4 is 11.1 Å². The lowest BCUT2D eigenvalue weighted by molar-refractivity contribution is 0.315.